The van der Waals surface area contributed by atoms with E-state index in [1.165, 1.54) is 35.6 Å². The average molecular weight is 432 g/mol. The maximum Gasteiger partial charge on any atom is 0.269 e. The lowest BCUT2D eigenvalue weighted by atomic mass is 10.1. The Balaban J connectivity index is 1.39. The summed E-state index contributed by atoms with van der Waals surface area (Å²) in [7, 11) is 0. The summed E-state index contributed by atoms with van der Waals surface area (Å²) < 4.78 is 5.39. The fourth-order valence-electron chi connectivity index (χ4n) is 2.79. The van der Waals surface area contributed by atoms with Crippen LogP contribution in [0.15, 0.2) is 78.4 Å². The molecule has 0 atom stereocenters. The molecule has 1 amide bonds. The van der Waals surface area contributed by atoms with E-state index < -0.39 is 4.92 Å². The molecule has 0 fully saturated rings. The first kappa shape index (κ1) is 20.2. The molecule has 0 unspecified atom stereocenters. The van der Waals surface area contributed by atoms with Gasteiger partial charge in [0, 0.05) is 46.7 Å². The number of nitro benzene ring substituents is 1. The molecule has 4 aromatic rings. The van der Waals surface area contributed by atoms with Crippen molar-refractivity contribution in [1.29, 1.82) is 0 Å². The maximum atomic E-state index is 12.2. The fraction of sp³-hybridized carbons (Fsp3) is 0.0455. The Hall–Kier alpha value is -4.11. The number of thiazole rings is 1. The van der Waals surface area contributed by atoms with Crippen molar-refractivity contribution in [2.75, 3.05) is 11.9 Å². The van der Waals surface area contributed by atoms with Crippen molar-refractivity contribution in [3.05, 3.63) is 88.6 Å². The zero-order valence-corrected chi connectivity index (χ0v) is 16.9. The topological polar surface area (TPSA) is 107 Å². The smallest absolute Gasteiger partial charge is 0.269 e. The summed E-state index contributed by atoms with van der Waals surface area (Å²) in [6.07, 6.45) is 3.49. The number of aromatic nitrogens is 2. The minimum Gasteiger partial charge on any atom is -0.484 e. The third-order valence-electron chi connectivity index (χ3n) is 4.27. The molecule has 1 N–H and O–H groups in total. The molecule has 4 rings (SSSR count). The molecule has 0 saturated carbocycles. The van der Waals surface area contributed by atoms with E-state index in [1.807, 2.05) is 35.7 Å². The van der Waals surface area contributed by atoms with Crippen LogP contribution in [0.2, 0.25) is 0 Å². The summed E-state index contributed by atoms with van der Waals surface area (Å²) in [5.41, 5.74) is 3.21. The van der Waals surface area contributed by atoms with E-state index >= 15 is 0 Å². The van der Waals surface area contributed by atoms with Gasteiger partial charge in [-0.25, -0.2) is 4.98 Å². The van der Waals surface area contributed by atoms with Gasteiger partial charge in [-0.05, 0) is 36.4 Å². The van der Waals surface area contributed by atoms with E-state index in [4.69, 9.17) is 4.74 Å². The first-order chi connectivity index (χ1) is 15.1. The molecule has 154 valence electrons. The summed E-state index contributed by atoms with van der Waals surface area (Å²) >= 11 is 1.53. The van der Waals surface area contributed by atoms with Crippen molar-refractivity contribution in [2.24, 2.45) is 0 Å². The molecule has 2 aromatic heterocycles. The highest BCUT2D eigenvalue weighted by Gasteiger charge is 2.10. The summed E-state index contributed by atoms with van der Waals surface area (Å²) in [6, 6.07) is 16.8. The molecule has 9 heteroatoms. The molecule has 0 bridgehead atoms. The number of non-ortho nitro benzene ring substituents is 1. The van der Waals surface area contributed by atoms with E-state index in [9.17, 15) is 14.9 Å². The van der Waals surface area contributed by atoms with Crippen LogP contribution in [0.4, 0.5) is 11.4 Å². The van der Waals surface area contributed by atoms with Crippen LogP contribution in [-0.2, 0) is 4.79 Å². The average Bonchev–Trinajstić information content (AvgIpc) is 3.29. The second-order valence-electron chi connectivity index (χ2n) is 6.45. The van der Waals surface area contributed by atoms with Crippen LogP contribution in [0.5, 0.6) is 5.75 Å². The van der Waals surface area contributed by atoms with Crippen LogP contribution in [0.25, 0.3) is 21.8 Å². The summed E-state index contributed by atoms with van der Waals surface area (Å²) in [6.45, 7) is -0.218. The van der Waals surface area contributed by atoms with Crippen LogP contribution < -0.4 is 10.1 Å². The highest BCUT2D eigenvalue weighted by atomic mass is 32.1. The number of ether oxygens (including phenoxy) is 1. The lowest BCUT2D eigenvalue weighted by molar-refractivity contribution is -0.384. The maximum absolute atomic E-state index is 12.2. The predicted octanol–water partition coefficient (Wildman–Crippen LogP) is 4.80. The molecular formula is C22H16N4O4S. The number of carbonyl (C=O) groups is 1. The Morgan fingerprint density at radius 3 is 2.65 bits per heavy atom. The van der Waals surface area contributed by atoms with Gasteiger partial charge in [0.05, 0.1) is 10.6 Å². The van der Waals surface area contributed by atoms with E-state index in [0.717, 1.165) is 21.8 Å². The second-order valence-corrected chi connectivity index (χ2v) is 7.31. The molecule has 0 aliphatic carbocycles. The Labute approximate surface area is 181 Å². The van der Waals surface area contributed by atoms with Gasteiger partial charge in [-0.15, -0.1) is 11.3 Å². The molecule has 0 aliphatic rings. The number of benzene rings is 2. The molecule has 2 aromatic carbocycles. The zero-order valence-electron chi connectivity index (χ0n) is 16.1. The number of carbonyl (C=O) groups excluding carboxylic acids is 1. The number of nitrogens with one attached hydrogen (secondary N) is 1. The molecular weight excluding hydrogens is 416 g/mol. The highest BCUT2D eigenvalue weighted by Crippen LogP contribution is 2.29. The van der Waals surface area contributed by atoms with Crippen LogP contribution in [-0.4, -0.2) is 27.4 Å². The third kappa shape index (κ3) is 5.09. The first-order valence-corrected chi connectivity index (χ1v) is 10.1. The van der Waals surface area contributed by atoms with Gasteiger partial charge in [0.2, 0.25) is 0 Å². The van der Waals surface area contributed by atoms with Gasteiger partial charge in [0.1, 0.15) is 10.8 Å². The van der Waals surface area contributed by atoms with Crippen LogP contribution in [0.3, 0.4) is 0 Å². The van der Waals surface area contributed by atoms with Crippen molar-refractivity contribution >= 4 is 28.6 Å². The highest BCUT2D eigenvalue weighted by molar-refractivity contribution is 7.13. The molecule has 2 heterocycles. The van der Waals surface area contributed by atoms with E-state index in [-0.39, 0.29) is 18.2 Å². The van der Waals surface area contributed by atoms with E-state index in [1.54, 1.807) is 18.5 Å². The van der Waals surface area contributed by atoms with Crippen LogP contribution in [0, 0.1) is 10.1 Å². The molecule has 0 radical (unpaired) electrons. The summed E-state index contributed by atoms with van der Waals surface area (Å²) in [5.74, 6) is 0.0322. The number of nitro groups is 1. The third-order valence-corrected chi connectivity index (χ3v) is 5.16. The quantitative estimate of drug-likeness (QED) is 0.332. The minimum absolute atomic E-state index is 0.0395. The van der Waals surface area contributed by atoms with Gasteiger partial charge in [-0.2, -0.15) is 0 Å². The number of nitrogens with zero attached hydrogens (tertiary/aromatic N) is 3. The Morgan fingerprint density at radius 2 is 1.90 bits per heavy atom. The van der Waals surface area contributed by atoms with Gasteiger partial charge in [-0.1, -0.05) is 12.1 Å². The molecule has 0 spiro atoms. The van der Waals surface area contributed by atoms with Crippen molar-refractivity contribution in [1.82, 2.24) is 9.97 Å². The summed E-state index contributed by atoms with van der Waals surface area (Å²) in [5, 5.41) is 16.3. The molecule has 8 nitrogen and oxygen atoms in total. The Kier molecular flexibility index (Phi) is 5.95. The molecule has 0 aliphatic heterocycles. The number of hydrogen-bond acceptors (Lipinski definition) is 7. The zero-order chi connectivity index (χ0) is 21.6. The number of anilines is 1. The van der Waals surface area contributed by atoms with Gasteiger partial charge in [0.25, 0.3) is 11.6 Å². The van der Waals surface area contributed by atoms with E-state index in [0.29, 0.717) is 11.4 Å². The van der Waals surface area contributed by atoms with Gasteiger partial charge in [-0.3, -0.25) is 19.9 Å². The normalized spacial score (nSPS) is 10.5. The van der Waals surface area contributed by atoms with Gasteiger partial charge < -0.3 is 10.1 Å². The number of hydrogen-bond donors (Lipinski definition) is 1. The Bertz CT molecular complexity index is 1210. The van der Waals surface area contributed by atoms with Gasteiger partial charge in [0.15, 0.2) is 6.61 Å². The fourth-order valence-corrected chi connectivity index (χ4v) is 3.61. The van der Waals surface area contributed by atoms with E-state index in [2.05, 4.69) is 15.3 Å². The van der Waals surface area contributed by atoms with Crippen molar-refractivity contribution in [3.63, 3.8) is 0 Å². The predicted molar refractivity (Wildman–Crippen MR) is 118 cm³/mol. The minimum atomic E-state index is -0.495. The molecule has 0 saturated heterocycles. The SMILES string of the molecule is O=C(COc1ccc([N+](=O)[O-])cc1)Nc1cccc(-c2csc(-c3cccnc3)n2)c1. The lowest BCUT2D eigenvalue weighted by Crippen LogP contribution is -2.20. The van der Waals surface area contributed by atoms with Crippen LogP contribution in [0.1, 0.15) is 0 Å². The monoisotopic (exact) mass is 432 g/mol. The standard InChI is InChI=1S/C22H16N4O4S/c27-21(13-30-19-8-6-18(7-9-19)26(28)29)24-17-5-1-3-15(11-17)20-14-31-22(25-20)16-4-2-10-23-12-16/h1-12,14H,13H2,(H,24,27). The lowest BCUT2D eigenvalue weighted by Gasteiger charge is -2.08. The molecule has 31 heavy (non-hydrogen) atoms. The number of rotatable bonds is 7. The largest absolute Gasteiger partial charge is 0.484 e. The second kappa shape index (κ2) is 9.14. The van der Waals surface area contributed by atoms with Crippen molar-refractivity contribution < 1.29 is 14.5 Å². The van der Waals surface area contributed by atoms with Crippen molar-refractivity contribution in [2.45, 2.75) is 0 Å². The number of amides is 1. The first-order valence-electron chi connectivity index (χ1n) is 9.22. The number of pyridine rings is 1. The summed E-state index contributed by atoms with van der Waals surface area (Å²) in [4.78, 5) is 31.2. The van der Waals surface area contributed by atoms with Crippen LogP contribution >= 0.6 is 11.3 Å². The van der Waals surface area contributed by atoms with Gasteiger partial charge >= 0.3 is 0 Å². The Morgan fingerprint density at radius 1 is 1.10 bits per heavy atom. The van der Waals surface area contributed by atoms with Crippen molar-refractivity contribution in [3.8, 4) is 27.6 Å².